The number of esters is 1. The van der Waals surface area contributed by atoms with Gasteiger partial charge in [0.05, 0.1) is 11.5 Å². The number of carbonyl (C=O) groups is 4. The van der Waals surface area contributed by atoms with E-state index in [2.05, 4.69) is 11.8 Å². The molecule has 2 aromatic carbocycles. The van der Waals surface area contributed by atoms with Crippen molar-refractivity contribution >= 4 is 23.7 Å². The van der Waals surface area contributed by atoms with Crippen LogP contribution in [0.4, 0.5) is 0 Å². The lowest BCUT2D eigenvalue weighted by Gasteiger charge is -2.13. The molecule has 0 spiro atoms. The molecule has 0 aliphatic heterocycles. The number of hydrogen-bond donors (Lipinski definition) is 0. The van der Waals surface area contributed by atoms with Crippen molar-refractivity contribution in [1.29, 1.82) is 0 Å². The molecule has 0 aliphatic carbocycles. The van der Waals surface area contributed by atoms with Gasteiger partial charge in [0.25, 0.3) is 0 Å². The van der Waals surface area contributed by atoms with Gasteiger partial charge < -0.3 is 4.74 Å². The van der Waals surface area contributed by atoms with Crippen LogP contribution in [0.25, 0.3) is 0 Å². The lowest BCUT2D eigenvalue weighted by molar-refractivity contribution is -0.187. The summed E-state index contributed by atoms with van der Waals surface area (Å²) in [5.74, 6) is -3.01. The minimum atomic E-state index is -1.05. The number of rotatable bonds is 12. The Labute approximate surface area is 200 Å². The fraction of sp³-hybridized carbons (Fsp3) is 0.407. The van der Waals surface area contributed by atoms with Crippen LogP contribution >= 0.6 is 0 Å². The van der Waals surface area contributed by atoms with Gasteiger partial charge in [0.2, 0.25) is 0 Å². The van der Waals surface area contributed by atoms with E-state index in [1.807, 2.05) is 6.92 Å². The molecule has 0 amide bonds. The molecule has 2 aromatic rings. The SMILES string of the molecule is CCCCCCCC(=O)c1ccc(OC(=O)C(C)CC)c(C(=O)OOC(=O)c2ccccc2)c1. The highest BCUT2D eigenvalue weighted by atomic mass is 17.2. The molecule has 182 valence electrons. The smallest absolute Gasteiger partial charge is 0.390 e. The zero-order chi connectivity index (χ0) is 24.9. The maximum Gasteiger partial charge on any atom is 0.390 e. The second-order valence-electron chi connectivity index (χ2n) is 8.14. The number of ether oxygens (including phenoxy) is 1. The molecule has 0 bridgehead atoms. The van der Waals surface area contributed by atoms with Gasteiger partial charge >= 0.3 is 17.9 Å². The molecule has 0 N–H and O–H groups in total. The third-order valence-electron chi connectivity index (χ3n) is 5.46. The van der Waals surface area contributed by atoms with E-state index in [1.165, 1.54) is 30.3 Å². The maximum absolute atomic E-state index is 12.7. The number of unbranched alkanes of at least 4 members (excludes halogenated alkanes) is 4. The molecule has 0 saturated heterocycles. The number of Topliss-reactive ketones (excluding diaryl/α,β-unsaturated/α-hetero) is 1. The Morgan fingerprint density at radius 2 is 1.47 bits per heavy atom. The number of benzene rings is 2. The molecule has 1 atom stereocenters. The predicted molar refractivity (Wildman–Crippen MR) is 127 cm³/mol. The first kappa shape index (κ1) is 26.8. The third kappa shape index (κ3) is 8.14. The fourth-order valence-electron chi connectivity index (χ4n) is 3.10. The Morgan fingerprint density at radius 3 is 2.15 bits per heavy atom. The van der Waals surface area contributed by atoms with E-state index in [1.54, 1.807) is 25.1 Å². The molecule has 1 unspecified atom stereocenters. The van der Waals surface area contributed by atoms with Gasteiger partial charge in [-0.25, -0.2) is 19.4 Å². The summed E-state index contributed by atoms with van der Waals surface area (Å²) in [4.78, 5) is 59.1. The van der Waals surface area contributed by atoms with Gasteiger partial charge in [-0.1, -0.05) is 64.7 Å². The van der Waals surface area contributed by atoms with Crippen LogP contribution in [0.3, 0.4) is 0 Å². The average Bonchev–Trinajstić information content (AvgIpc) is 2.86. The standard InChI is InChI=1S/C27H32O7/c1-4-6-7-8-12-15-23(28)21-16-17-24(32-25(29)19(3)5-2)22(18-21)27(31)34-33-26(30)20-13-10-9-11-14-20/h9-11,13-14,16-19H,4-8,12,15H2,1-3H3. The highest BCUT2D eigenvalue weighted by molar-refractivity contribution is 6.01. The van der Waals surface area contributed by atoms with Gasteiger partial charge in [-0.3, -0.25) is 9.59 Å². The molecule has 7 heteroatoms. The quantitative estimate of drug-likeness (QED) is 0.0926. The normalized spacial score (nSPS) is 11.4. The molecule has 0 aromatic heterocycles. The third-order valence-corrected chi connectivity index (χ3v) is 5.46. The van der Waals surface area contributed by atoms with Crippen molar-refractivity contribution in [2.45, 2.75) is 65.7 Å². The van der Waals surface area contributed by atoms with Gasteiger partial charge in [-0.05, 0) is 43.2 Å². The van der Waals surface area contributed by atoms with E-state index in [-0.39, 0.29) is 28.6 Å². The second-order valence-corrected chi connectivity index (χ2v) is 8.14. The number of carbonyl (C=O) groups excluding carboxylic acids is 4. The summed E-state index contributed by atoms with van der Waals surface area (Å²) in [6, 6.07) is 12.2. The average molecular weight is 469 g/mol. The van der Waals surface area contributed by atoms with Crippen molar-refractivity contribution in [2.75, 3.05) is 0 Å². The van der Waals surface area contributed by atoms with Gasteiger partial charge in [-0.2, -0.15) is 0 Å². The second kappa shape index (κ2) is 13.9. The summed E-state index contributed by atoms with van der Waals surface area (Å²) >= 11 is 0. The summed E-state index contributed by atoms with van der Waals surface area (Å²) in [6.45, 7) is 5.67. The van der Waals surface area contributed by atoms with Crippen molar-refractivity contribution in [3.63, 3.8) is 0 Å². The van der Waals surface area contributed by atoms with E-state index in [0.29, 0.717) is 18.4 Å². The van der Waals surface area contributed by atoms with Crippen molar-refractivity contribution in [3.05, 3.63) is 65.2 Å². The largest absolute Gasteiger partial charge is 0.425 e. The topological polar surface area (TPSA) is 96.0 Å². The molecular weight excluding hydrogens is 436 g/mol. The van der Waals surface area contributed by atoms with Crippen LogP contribution in [0.1, 0.15) is 96.8 Å². The lowest BCUT2D eigenvalue weighted by Crippen LogP contribution is -2.20. The first-order valence-electron chi connectivity index (χ1n) is 11.7. The van der Waals surface area contributed by atoms with E-state index in [0.717, 1.165) is 32.1 Å². The van der Waals surface area contributed by atoms with Crippen LogP contribution in [0.5, 0.6) is 5.75 Å². The van der Waals surface area contributed by atoms with Crippen LogP contribution in [0.2, 0.25) is 0 Å². The van der Waals surface area contributed by atoms with Gasteiger partial charge in [0.15, 0.2) is 5.78 Å². The highest BCUT2D eigenvalue weighted by Gasteiger charge is 2.23. The Kier molecular flexibility index (Phi) is 11.0. The van der Waals surface area contributed by atoms with Crippen LogP contribution in [0, 0.1) is 5.92 Å². The van der Waals surface area contributed by atoms with Gasteiger partial charge in [0.1, 0.15) is 11.3 Å². The molecule has 2 rings (SSSR count). The molecule has 0 saturated carbocycles. The zero-order valence-electron chi connectivity index (χ0n) is 20.0. The zero-order valence-corrected chi connectivity index (χ0v) is 20.0. The molecular formula is C27H32O7. The van der Waals surface area contributed by atoms with E-state index >= 15 is 0 Å². The lowest BCUT2D eigenvalue weighted by atomic mass is 10.0. The Bertz CT molecular complexity index is 982. The Morgan fingerprint density at radius 1 is 0.794 bits per heavy atom. The fourth-order valence-corrected chi connectivity index (χ4v) is 3.10. The first-order valence-corrected chi connectivity index (χ1v) is 11.7. The van der Waals surface area contributed by atoms with Gasteiger partial charge in [-0.15, -0.1) is 0 Å². The van der Waals surface area contributed by atoms with Crippen LogP contribution in [-0.4, -0.2) is 23.7 Å². The molecule has 0 aliphatic rings. The van der Waals surface area contributed by atoms with Crippen molar-refractivity contribution < 1.29 is 33.7 Å². The summed E-state index contributed by atoms with van der Waals surface area (Å²) in [6.07, 6.45) is 5.91. The van der Waals surface area contributed by atoms with Crippen molar-refractivity contribution in [2.24, 2.45) is 5.92 Å². The number of ketones is 1. The minimum absolute atomic E-state index is 0.0643. The molecule has 7 nitrogen and oxygen atoms in total. The molecule has 0 radical (unpaired) electrons. The van der Waals surface area contributed by atoms with Gasteiger partial charge in [0, 0.05) is 12.0 Å². The number of hydrogen-bond acceptors (Lipinski definition) is 7. The van der Waals surface area contributed by atoms with Crippen molar-refractivity contribution in [1.82, 2.24) is 0 Å². The first-order chi connectivity index (χ1) is 16.4. The molecule has 34 heavy (non-hydrogen) atoms. The van der Waals surface area contributed by atoms with Crippen LogP contribution in [-0.2, 0) is 14.6 Å². The van der Waals surface area contributed by atoms with Crippen molar-refractivity contribution in [3.8, 4) is 5.75 Å². The van der Waals surface area contributed by atoms with E-state index in [9.17, 15) is 19.2 Å². The highest BCUT2D eigenvalue weighted by Crippen LogP contribution is 2.24. The van der Waals surface area contributed by atoms with E-state index in [4.69, 9.17) is 9.62 Å². The summed E-state index contributed by atoms with van der Waals surface area (Å²) in [5, 5.41) is 0. The summed E-state index contributed by atoms with van der Waals surface area (Å²) in [7, 11) is 0. The minimum Gasteiger partial charge on any atom is -0.425 e. The molecule has 0 fully saturated rings. The molecule has 0 heterocycles. The van der Waals surface area contributed by atoms with Crippen LogP contribution in [0.15, 0.2) is 48.5 Å². The van der Waals surface area contributed by atoms with Crippen LogP contribution < -0.4 is 4.74 Å². The predicted octanol–water partition coefficient (Wildman–Crippen LogP) is 6.11. The maximum atomic E-state index is 12.7. The Hall–Kier alpha value is -3.48. The monoisotopic (exact) mass is 468 g/mol. The Balaban J connectivity index is 2.17. The van der Waals surface area contributed by atoms with E-state index < -0.39 is 17.9 Å². The summed E-state index contributed by atoms with van der Waals surface area (Å²) in [5.41, 5.74) is 0.320. The summed E-state index contributed by atoms with van der Waals surface area (Å²) < 4.78 is 5.38.